The molecule has 3 heterocycles. The summed E-state index contributed by atoms with van der Waals surface area (Å²) in [6.07, 6.45) is -0.996. The van der Waals surface area contributed by atoms with Crippen molar-refractivity contribution in [3.05, 3.63) is 47.4 Å². The maximum atomic E-state index is 13.6. The number of hydrogen-bond donors (Lipinski definition) is 0. The van der Waals surface area contributed by atoms with Crippen molar-refractivity contribution in [1.29, 1.82) is 0 Å². The highest BCUT2D eigenvalue weighted by Crippen LogP contribution is 2.29. The van der Waals surface area contributed by atoms with E-state index in [1.54, 1.807) is 36.0 Å². The fraction of sp³-hybridized carbons (Fsp3) is 0.333. The third-order valence-corrected chi connectivity index (χ3v) is 4.90. The van der Waals surface area contributed by atoms with E-state index in [0.29, 0.717) is 16.6 Å². The summed E-state index contributed by atoms with van der Waals surface area (Å²) in [5.74, 6) is -0.507. The lowest BCUT2D eigenvalue weighted by atomic mass is 10.2. The number of pyridine rings is 1. The summed E-state index contributed by atoms with van der Waals surface area (Å²) in [6, 6.07) is 8.41. The Balaban J connectivity index is 1.51. The molecule has 31 heavy (non-hydrogen) atoms. The number of para-hydroxylation sites is 2. The minimum absolute atomic E-state index is 0.0386. The molecule has 0 saturated heterocycles. The molecule has 0 spiro atoms. The first-order chi connectivity index (χ1) is 14.8. The summed E-state index contributed by atoms with van der Waals surface area (Å²) in [5.41, 5.74) is 3.06. The van der Waals surface area contributed by atoms with Crippen molar-refractivity contribution in [1.82, 2.24) is 24.3 Å². The van der Waals surface area contributed by atoms with Crippen LogP contribution in [0.3, 0.4) is 0 Å². The number of benzene rings is 1. The fourth-order valence-electron chi connectivity index (χ4n) is 3.62. The number of esters is 1. The van der Waals surface area contributed by atoms with Gasteiger partial charge in [-0.25, -0.2) is 19.4 Å². The molecule has 3 aromatic heterocycles. The minimum Gasteiger partial charge on any atom is -0.464 e. The van der Waals surface area contributed by atoms with Gasteiger partial charge in [0.15, 0.2) is 24.2 Å². The zero-order chi connectivity index (χ0) is 22.3. The lowest BCUT2D eigenvalue weighted by Gasteiger charge is -2.15. The number of nitrogens with zero attached hydrogens (tertiary/aromatic N) is 5. The first-order valence-electron chi connectivity index (χ1n) is 9.64. The van der Waals surface area contributed by atoms with Crippen LogP contribution in [0.25, 0.3) is 22.1 Å². The number of fused-ring (bicyclic) bond motifs is 2. The summed E-state index contributed by atoms with van der Waals surface area (Å²) in [6.45, 7) is 2.02. The van der Waals surface area contributed by atoms with Crippen molar-refractivity contribution < 1.29 is 23.0 Å². The van der Waals surface area contributed by atoms with E-state index in [2.05, 4.69) is 15.1 Å². The number of carbonyl (C=O) groups is 1. The second-order valence-electron chi connectivity index (χ2n) is 7.24. The van der Waals surface area contributed by atoms with E-state index in [1.807, 2.05) is 19.9 Å². The fourth-order valence-corrected chi connectivity index (χ4v) is 3.62. The summed E-state index contributed by atoms with van der Waals surface area (Å²) in [4.78, 5) is 21.0. The topological polar surface area (TPSA) is 84.1 Å². The van der Waals surface area contributed by atoms with Crippen LogP contribution < -0.4 is 4.74 Å². The van der Waals surface area contributed by atoms with Crippen LogP contribution in [0.4, 0.5) is 8.78 Å². The van der Waals surface area contributed by atoms with E-state index >= 15 is 0 Å². The Labute approximate surface area is 176 Å². The molecule has 0 radical (unpaired) electrons. The molecule has 8 nitrogen and oxygen atoms in total. The monoisotopic (exact) mass is 429 g/mol. The lowest BCUT2D eigenvalue weighted by molar-refractivity contribution is -0.151. The molecule has 0 amide bonds. The first kappa shape index (κ1) is 20.7. The predicted octanol–water partition coefficient (Wildman–Crippen LogP) is 4.01. The molecule has 0 fully saturated rings. The molecule has 0 saturated carbocycles. The van der Waals surface area contributed by atoms with Gasteiger partial charge in [0.1, 0.15) is 0 Å². The van der Waals surface area contributed by atoms with Crippen molar-refractivity contribution in [2.75, 3.05) is 6.61 Å². The van der Waals surface area contributed by atoms with E-state index in [1.165, 1.54) is 6.92 Å². The van der Waals surface area contributed by atoms with Crippen molar-refractivity contribution in [3.63, 3.8) is 0 Å². The molecule has 4 aromatic rings. The van der Waals surface area contributed by atoms with Gasteiger partial charge in [-0.1, -0.05) is 12.1 Å². The number of rotatable bonds is 6. The first-order valence-corrected chi connectivity index (χ1v) is 9.64. The van der Waals surface area contributed by atoms with E-state index in [9.17, 15) is 13.6 Å². The van der Waals surface area contributed by atoms with E-state index < -0.39 is 25.2 Å². The quantitative estimate of drug-likeness (QED) is 0.431. The van der Waals surface area contributed by atoms with Crippen LogP contribution in [-0.4, -0.2) is 36.9 Å². The Bertz CT molecular complexity index is 1280. The van der Waals surface area contributed by atoms with Gasteiger partial charge in [-0.3, -0.25) is 4.57 Å². The van der Waals surface area contributed by atoms with Crippen molar-refractivity contribution >= 4 is 28.0 Å². The van der Waals surface area contributed by atoms with Crippen LogP contribution in [0.15, 0.2) is 30.3 Å². The molecule has 4 rings (SSSR count). The molecule has 1 atom stereocenters. The van der Waals surface area contributed by atoms with Crippen LogP contribution in [0, 0.1) is 13.8 Å². The van der Waals surface area contributed by atoms with E-state index in [4.69, 9.17) is 9.47 Å². The highest BCUT2D eigenvalue weighted by Gasteiger charge is 2.25. The molecule has 0 bridgehead atoms. The number of aryl methyl sites for hydroxylation is 3. The van der Waals surface area contributed by atoms with Gasteiger partial charge in [-0.05, 0) is 44.5 Å². The van der Waals surface area contributed by atoms with Gasteiger partial charge in [0.2, 0.25) is 5.88 Å². The SMILES string of the molecule is Cc1cc(C)c2c(OCC(=O)OC(C)c3nc4ccccc4n3C(F)F)nn(C)c2n1. The number of ether oxygens (including phenoxy) is 2. The van der Waals surface area contributed by atoms with E-state index in [0.717, 1.165) is 15.8 Å². The third-order valence-electron chi connectivity index (χ3n) is 4.90. The highest BCUT2D eigenvalue weighted by atomic mass is 19.3. The van der Waals surface area contributed by atoms with Crippen LogP contribution in [0.5, 0.6) is 5.88 Å². The van der Waals surface area contributed by atoms with Gasteiger partial charge >= 0.3 is 12.5 Å². The number of hydrogen-bond acceptors (Lipinski definition) is 6. The molecule has 0 aliphatic carbocycles. The van der Waals surface area contributed by atoms with Crippen molar-refractivity contribution in [3.8, 4) is 5.88 Å². The van der Waals surface area contributed by atoms with Crippen LogP contribution >= 0.6 is 0 Å². The smallest absolute Gasteiger partial charge is 0.344 e. The van der Waals surface area contributed by atoms with Crippen molar-refractivity contribution in [2.45, 2.75) is 33.4 Å². The number of aromatic nitrogens is 5. The molecule has 10 heteroatoms. The highest BCUT2D eigenvalue weighted by molar-refractivity contribution is 5.85. The molecular formula is C21H21F2N5O3. The Morgan fingerprint density at radius 1 is 1.19 bits per heavy atom. The van der Waals surface area contributed by atoms with Gasteiger partial charge in [0.25, 0.3) is 0 Å². The van der Waals surface area contributed by atoms with Crippen LogP contribution in [-0.2, 0) is 16.6 Å². The second-order valence-corrected chi connectivity index (χ2v) is 7.24. The standard InChI is InChI=1S/C21H21F2N5O3/c1-11-9-12(2)24-19-17(11)20(26-27(19)4)30-10-16(29)31-13(3)18-25-14-7-5-6-8-15(14)28(18)21(22)23/h5-9,13,21H,10H2,1-4H3. The summed E-state index contributed by atoms with van der Waals surface area (Å²) in [5, 5.41) is 4.98. The van der Waals surface area contributed by atoms with Gasteiger partial charge in [-0.15, -0.1) is 5.10 Å². The van der Waals surface area contributed by atoms with Crippen LogP contribution in [0.2, 0.25) is 0 Å². The molecule has 0 aliphatic heterocycles. The maximum Gasteiger partial charge on any atom is 0.344 e. The van der Waals surface area contributed by atoms with Gasteiger partial charge in [-0.2, -0.15) is 8.78 Å². The molecule has 0 N–H and O–H groups in total. The summed E-state index contributed by atoms with van der Waals surface area (Å²) < 4.78 is 40.5. The number of alkyl halides is 2. The van der Waals surface area contributed by atoms with Gasteiger partial charge in [0.05, 0.1) is 16.4 Å². The molecule has 162 valence electrons. The average molecular weight is 429 g/mol. The van der Waals surface area contributed by atoms with Crippen molar-refractivity contribution in [2.24, 2.45) is 7.05 Å². The molecule has 0 aliphatic rings. The Morgan fingerprint density at radius 2 is 1.94 bits per heavy atom. The largest absolute Gasteiger partial charge is 0.464 e. The maximum absolute atomic E-state index is 13.6. The second kappa shape index (κ2) is 7.93. The molecule has 1 aromatic carbocycles. The zero-order valence-corrected chi connectivity index (χ0v) is 17.5. The van der Waals surface area contributed by atoms with Gasteiger partial charge in [0, 0.05) is 12.7 Å². The Morgan fingerprint density at radius 3 is 2.68 bits per heavy atom. The minimum atomic E-state index is -2.82. The van der Waals surface area contributed by atoms with Crippen LogP contribution in [0.1, 0.15) is 36.7 Å². The zero-order valence-electron chi connectivity index (χ0n) is 17.5. The van der Waals surface area contributed by atoms with Gasteiger partial charge < -0.3 is 9.47 Å². The third kappa shape index (κ3) is 3.80. The Hall–Kier alpha value is -3.56. The normalized spacial score (nSPS) is 12.6. The number of carbonyl (C=O) groups excluding carboxylic acids is 1. The Kier molecular flexibility index (Phi) is 5.30. The number of halogens is 2. The predicted molar refractivity (Wildman–Crippen MR) is 109 cm³/mol. The van der Waals surface area contributed by atoms with E-state index in [-0.39, 0.29) is 17.2 Å². The summed E-state index contributed by atoms with van der Waals surface area (Å²) in [7, 11) is 1.73. The molecule has 1 unspecified atom stereocenters. The lowest BCUT2D eigenvalue weighted by Crippen LogP contribution is -2.19. The molecular weight excluding hydrogens is 408 g/mol. The number of imidazole rings is 1. The summed E-state index contributed by atoms with van der Waals surface area (Å²) >= 11 is 0. The average Bonchev–Trinajstić information content (AvgIpc) is 3.25.